The van der Waals surface area contributed by atoms with Gasteiger partial charge in [0.2, 0.25) is 0 Å². The molecule has 2 aromatic rings. The Hall–Kier alpha value is -1.90. The molecule has 2 rings (SSSR count). The molecule has 0 saturated heterocycles. The summed E-state index contributed by atoms with van der Waals surface area (Å²) < 4.78 is 5.02. The summed E-state index contributed by atoms with van der Waals surface area (Å²) in [5.74, 6) is 0.744. The topological polar surface area (TPSA) is 38.9 Å². The number of aromatic nitrogens is 2. The van der Waals surface area contributed by atoms with Gasteiger partial charge in [-0.1, -0.05) is 11.2 Å². The second-order valence-electron chi connectivity index (χ2n) is 2.96. The average molecular weight is 186 g/mol. The van der Waals surface area contributed by atoms with Gasteiger partial charge in [0, 0.05) is 12.3 Å². The monoisotopic (exact) mass is 186 g/mol. The standard InChI is InChI=1S/C11H10N2O/c1-9-8-11(14-13-9)6-5-10-4-2-3-7-12-10/h2-8H,1H3/b6-5+. The van der Waals surface area contributed by atoms with Crippen LogP contribution in [0.4, 0.5) is 0 Å². The van der Waals surface area contributed by atoms with Gasteiger partial charge in [0.15, 0.2) is 5.76 Å². The first-order chi connectivity index (χ1) is 6.84. The predicted molar refractivity (Wildman–Crippen MR) is 54.4 cm³/mol. The maximum Gasteiger partial charge on any atom is 0.159 e. The van der Waals surface area contributed by atoms with Crippen LogP contribution < -0.4 is 0 Å². The Morgan fingerprint density at radius 1 is 1.29 bits per heavy atom. The Morgan fingerprint density at radius 2 is 2.21 bits per heavy atom. The van der Waals surface area contributed by atoms with Crippen molar-refractivity contribution in [3.05, 3.63) is 47.6 Å². The molecular weight excluding hydrogens is 176 g/mol. The summed E-state index contributed by atoms with van der Waals surface area (Å²) in [4.78, 5) is 4.15. The average Bonchev–Trinajstić information content (AvgIpc) is 2.63. The first-order valence-electron chi connectivity index (χ1n) is 4.37. The molecule has 0 atom stereocenters. The van der Waals surface area contributed by atoms with E-state index in [0.717, 1.165) is 17.1 Å². The number of pyridine rings is 1. The van der Waals surface area contributed by atoms with E-state index in [1.54, 1.807) is 6.20 Å². The van der Waals surface area contributed by atoms with Gasteiger partial charge in [-0.15, -0.1) is 0 Å². The molecule has 0 fully saturated rings. The lowest BCUT2D eigenvalue weighted by molar-refractivity contribution is 0.408. The first kappa shape index (κ1) is 8.69. The van der Waals surface area contributed by atoms with Crippen LogP contribution in [0, 0.1) is 6.92 Å². The Kier molecular flexibility index (Phi) is 2.40. The minimum absolute atomic E-state index is 0.744. The second-order valence-corrected chi connectivity index (χ2v) is 2.96. The highest BCUT2D eigenvalue weighted by Crippen LogP contribution is 2.07. The second kappa shape index (κ2) is 3.87. The lowest BCUT2D eigenvalue weighted by atomic mass is 10.3. The van der Waals surface area contributed by atoms with Gasteiger partial charge in [-0.3, -0.25) is 4.98 Å². The minimum Gasteiger partial charge on any atom is -0.357 e. The molecule has 0 amide bonds. The van der Waals surface area contributed by atoms with Crippen molar-refractivity contribution in [1.29, 1.82) is 0 Å². The van der Waals surface area contributed by atoms with Gasteiger partial charge in [0.25, 0.3) is 0 Å². The highest BCUT2D eigenvalue weighted by atomic mass is 16.5. The van der Waals surface area contributed by atoms with Crippen LogP contribution in [0.2, 0.25) is 0 Å². The summed E-state index contributed by atoms with van der Waals surface area (Å²) in [6.07, 6.45) is 5.49. The van der Waals surface area contributed by atoms with Crippen LogP contribution in [-0.2, 0) is 0 Å². The molecule has 0 aromatic carbocycles. The third kappa shape index (κ3) is 2.07. The zero-order valence-electron chi connectivity index (χ0n) is 7.84. The van der Waals surface area contributed by atoms with E-state index in [1.807, 2.05) is 43.3 Å². The molecule has 14 heavy (non-hydrogen) atoms. The lowest BCUT2D eigenvalue weighted by Crippen LogP contribution is -1.75. The van der Waals surface area contributed by atoms with E-state index in [9.17, 15) is 0 Å². The van der Waals surface area contributed by atoms with Crippen molar-refractivity contribution < 1.29 is 4.52 Å². The summed E-state index contributed by atoms with van der Waals surface area (Å²) in [5.41, 5.74) is 1.78. The van der Waals surface area contributed by atoms with Gasteiger partial charge in [-0.05, 0) is 31.2 Å². The normalized spacial score (nSPS) is 10.9. The summed E-state index contributed by atoms with van der Waals surface area (Å²) >= 11 is 0. The van der Waals surface area contributed by atoms with Crippen molar-refractivity contribution in [2.24, 2.45) is 0 Å². The summed E-state index contributed by atoms with van der Waals surface area (Å²) in [5, 5.41) is 3.78. The van der Waals surface area contributed by atoms with E-state index in [1.165, 1.54) is 0 Å². The molecular formula is C11H10N2O. The van der Waals surface area contributed by atoms with Crippen LogP contribution in [0.5, 0.6) is 0 Å². The van der Waals surface area contributed by atoms with Gasteiger partial charge in [-0.25, -0.2) is 0 Å². The van der Waals surface area contributed by atoms with Crippen LogP contribution in [0.3, 0.4) is 0 Å². The highest BCUT2D eigenvalue weighted by Gasteiger charge is 1.94. The summed E-state index contributed by atoms with van der Waals surface area (Å²) in [6, 6.07) is 7.63. The molecule has 0 spiro atoms. The molecule has 3 heteroatoms. The number of nitrogens with zero attached hydrogens (tertiary/aromatic N) is 2. The van der Waals surface area contributed by atoms with Crippen molar-refractivity contribution in [2.75, 3.05) is 0 Å². The van der Waals surface area contributed by atoms with Crippen LogP contribution in [0.1, 0.15) is 17.1 Å². The molecule has 2 heterocycles. The number of aryl methyl sites for hydroxylation is 1. The smallest absolute Gasteiger partial charge is 0.159 e. The van der Waals surface area contributed by atoms with E-state index in [2.05, 4.69) is 10.1 Å². The zero-order valence-corrected chi connectivity index (χ0v) is 7.84. The molecule has 3 nitrogen and oxygen atoms in total. The molecule has 0 N–H and O–H groups in total. The third-order valence-electron chi connectivity index (χ3n) is 1.75. The van der Waals surface area contributed by atoms with E-state index < -0.39 is 0 Å². The molecule has 0 bridgehead atoms. The molecule has 70 valence electrons. The van der Waals surface area contributed by atoms with Gasteiger partial charge < -0.3 is 4.52 Å². The fourth-order valence-electron chi connectivity index (χ4n) is 1.10. The molecule has 0 aliphatic heterocycles. The van der Waals surface area contributed by atoms with Gasteiger partial charge in [0.05, 0.1) is 11.4 Å². The maximum absolute atomic E-state index is 5.02. The van der Waals surface area contributed by atoms with Crippen LogP contribution in [0.25, 0.3) is 12.2 Å². The Bertz CT molecular complexity index is 432. The van der Waals surface area contributed by atoms with E-state index in [0.29, 0.717) is 0 Å². The van der Waals surface area contributed by atoms with E-state index >= 15 is 0 Å². The van der Waals surface area contributed by atoms with Gasteiger partial charge >= 0.3 is 0 Å². The Morgan fingerprint density at radius 3 is 2.86 bits per heavy atom. The van der Waals surface area contributed by atoms with Gasteiger partial charge in [-0.2, -0.15) is 0 Å². The molecule has 0 aliphatic carbocycles. The SMILES string of the molecule is Cc1cc(/C=C/c2ccccn2)on1. The van der Waals surface area contributed by atoms with Crippen molar-refractivity contribution in [3.63, 3.8) is 0 Å². The molecule has 0 radical (unpaired) electrons. The molecule has 2 aromatic heterocycles. The maximum atomic E-state index is 5.02. The molecule has 0 aliphatic rings. The fourth-order valence-corrected chi connectivity index (χ4v) is 1.10. The minimum atomic E-state index is 0.744. The third-order valence-corrected chi connectivity index (χ3v) is 1.75. The van der Waals surface area contributed by atoms with Crippen LogP contribution >= 0.6 is 0 Å². The largest absolute Gasteiger partial charge is 0.357 e. The van der Waals surface area contributed by atoms with Crippen LogP contribution in [-0.4, -0.2) is 10.1 Å². The number of hydrogen-bond acceptors (Lipinski definition) is 3. The van der Waals surface area contributed by atoms with Crippen molar-refractivity contribution >= 4 is 12.2 Å². The zero-order chi connectivity index (χ0) is 9.80. The number of rotatable bonds is 2. The Balaban J connectivity index is 2.15. The summed E-state index contributed by atoms with van der Waals surface area (Å²) in [7, 11) is 0. The molecule has 0 unspecified atom stereocenters. The van der Waals surface area contributed by atoms with Crippen LogP contribution in [0.15, 0.2) is 35.0 Å². The lowest BCUT2D eigenvalue weighted by Gasteiger charge is -1.87. The van der Waals surface area contributed by atoms with Gasteiger partial charge in [0.1, 0.15) is 0 Å². The quantitative estimate of drug-likeness (QED) is 0.723. The fraction of sp³-hybridized carbons (Fsp3) is 0.0909. The van der Waals surface area contributed by atoms with Crippen molar-refractivity contribution in [1.82, 2.24) is 10.1 Å². The first-order valence-corrected chi connectivity index (χ1v) is 4.37. The van der Waals surface area contributed by atoms with Crippen molar-refractivity contribution in [2.45, 2.75) is 6.92 Å². The summed E-state index contributed by atoms with van der Waals surface area (Å²) in [6.45, 7) is 1.89. The van der Waals surface area contributed by atoms with Crippen molar-refractivity contribution in [3.8, 4) is 0 Å². The van der Waals surface area contributed by atoms with E-state index in [-0.39, 0.29) is 0 Å². The predicted octanol–water partition coefficient (Wildman–Crippen LogP) is 2.55. The number of hydrogen-bond donors (Lipinski definition) is 0. The molecule has 0 saturated carbocycles. The Labute approximate surface area is 82.1 Å². The highest BCUT2D eigenvalue weighted by molar-refractivity contribution is 5.65. The van der Waals surface area contributed by atoms with E-state index in [4.69, 9.17) is 4.52 Å².